The third-order valence-corrected chi connectivity index (χ3v) is 7.26. The minimum atomic E-state index is 0.197. The summed E-state index contributed by atoms with van der Waals surface area (Å²) in [6.07, 6.45) is 5.42. The third kappa shape index (κ3) is 4.16. The molecule has 1 saturated heterocycles. The number of methoxy groups -OCH3 is 1. The van der Waals surface area contributed by atoms with Crippen LogP contribution in [0.2, 0.25) is 0 Å². The largest absolute Gasteiger partial charge is 0.377 e. The van der Waals surface area contributed by atoms with Gasteiger partial charge in [0.2, 0.25) is 5.91 Å². The normalized spacial score (nSPS) is 19.4. The highest BCUT2D eigenvalue weighted by atomic mass is 32.1. The van der Waals surface area contributed by atoms with Gasteiger partial charge in [0.1, 0.15) is 17.3 Å². The number of fused-ring (bicyclic) bond motifs is 1. The van der Waals surface area contributed by atoms with Gasteiger partial charge >= 0.3 is 0 Å². The number of nitrogens with one attached hydrogen (secondary N) is 1. The summed E-state index contributed by atoms with van der Waals surface area (Å²) in [5.74, 6) is 2.10. The third-order valence-electron chi connectivity index (χ3n) is 6.38. The van der Waals surface area contributed by atoms with Gasteiger partial charge < -0.3 is 15.0 Å². The van der Waals surface area contributed by atoms with Crippen molar-refractivity contribution in [2.24, 2.45) is 5.92 Å². The lowest BCUT2D eigenvalue weighted by Crippen LogP contribution is -2.35. The topological polar surface area (TPSA) is 67.3 Å². The molecule has 1 aliphatic carbocycles. The number of likely N-dealkylation sites (tertiary alicyclic amines) is 1. The van der Waals surface area contributed by atoms with Crippen LogP contribution in [0.25, 0.3) is 21.3 Å². The Bertz CT molecular complexity index is 1060. The number of anilines is 1. The first kappa shape index (κ1) is 20.4. The number of hydrogen-bond donors (Lipinski definition) is 1. The van der Waals surface area contributed by atoms with Gasteiger partial charge in [-0.2, -0.15) is 0 Å². The van der Waals surface area contributed by atoms with Crippen LogP contribution in [0.3, 0.4) is 0 Å². The Kier molecular flexibility index (Phi) is 5.87. The van der Waals surface area contributed by atoms with E-state index in [0.717, 1.165) is 59.5 Å². The molecular formula is C24H28N4O2S. The Morgan fingerprint density at radius 3 is 2.77 bits per heavy atom. The van der Waals surface area contributed by atoms with Crippen molar-refractivity contribution in [1.82, 2.24) is 14.9 Å². The first-order chi connectivity index (χ1) is 15.2. The van der Waals surface area contributed by atoms with E-state index in [9.17, 15) is 4.79 Å². The van der Waals surface area contributed by atoms with E-state index in [-0.39, 0.29) is 12.0 Å². The zero-order valence-corrected chi connectivity index (χ0v) is 18.7. The molecule has 162 valence electrons. The average molecular weight is 437 g/mol. The van der Waals surface area contributed by atoms with E-state index in [1.807, 2.05) is 11.0 Å². The number of aromatic nitrogens is 2. The lowest BCUT2D eigenvalue weighted by molar-refractivity contribution is -0.134. The van der Waals surface area contributed by atoms with E-state index in [4.69, 9.17) is 14.7 Å². The molecule has 2 aromatic heterocycles. The number of hydrogen-bond acceptors (Lipinski definition) is 6. The maximum atomic E-state index is 12.9. The number of thiophene rings is 1. The quantitative estimate of drug-likeness (QED) is 0.606. The highest BCUT2D eigenvalue weighted by molar-refractivity contribution is 7.17. The highest BCUT2D eigenvalue weighted by Gasteiger charge is 2.32. The zero-order valence-electron chi connectivity index (χ0n) is 17.8. The van der Waals surface area contributed by atoms with Crippen molar-refractivity contribution in [3.63, 3.8) is 0 Å². The molecule has 3 aromatic rings. The second-order valence-corrected chi connectivity index (χ2v) is 9.37. The molecule has 0 spiro atoms. The summed E-state index contributed by atoms with van der Waals surface area (Å²) in [4.78, 5) is 25.4. The van der Waals surface area contributed by atoms with E-state index >= 15 is 0 Å². The van der Waals surface area contributed by atoms with Gasteiger partial charge in [-0.05, 0) is 24.8 Å². The van der Waals surface area contributed by atoms with Crippen LogP contribution < -0.4 is 5.32 Å². The molecule has 1 atom stereocenters. The van der Waals surface area contributed by atoms with E-state index in [2.05, 4.69) is 35.0 Å². The molecule has 2 aliphatic rings. The van der Waals surface area contributed by atoms with Gasteiger partial charge in [-0.15, -0.1) is 11.3 Å². The van der Waals surface area contributed by atoms with Crippen LogP contribution in [0.15, 0.2) is 35.7 Å². The van der Waals surface area contributed by atoms with Crippen LogP contribution >= 0.6 is 11.3 Å². The fraction of sp³-hybridized carbons (Fsp3) is 0.458. The van der Waals surface area contributed by atoms with Gasteiger partial charge in [0, 0.05) is 43.1 Å². The first-order valence-electron chi connectivity index (χ1n) is 11.1. The van der Waals surface area contributed by atoms with Crippen molar-refractivity contribution < 1.29 is 9.53 Å². The van der Waals surface area contributed by atoms with Crippen LogP contribution in [-0.4, -0.2) is 47.0 Å². The molecule has 1 unspecified atom stereocenters. The van der Waals surface area contributed by atoms with E-state index in [1.54, 1.807) is 18.4 Å². The monoisotopic (exact) mass is 436 g/mol. The van der Waals surface area contributed by atoms with Gasteiger partial charge in [-0.3, -0.25) is 4.79 Å². The summed E-state index contributed by atoms with van der Waals surface area (Å²) in [5.41, 5.74) is 2.30. The second-order valence-electron chi connectivity index (χ2n) is 8.51. The van der Waals surface area contributed by atoms with Crippen molar-refractivity contribution in [3.05, 3.63) is 41.5 Å². The summed E-state index contributed by atoms with van der Waals surface area (Å²) in [5, 5.41) is 6.87. The zero-order chi connectivity index (χ0) is 21.2. The molecule has 1 amide bonds. The molecule has 1 N–H and O–H groups in total. The number of carbonyl (C=O) groups excluding carboxylic acids is 1. The SMILES string of the molecule is COCc1nc(NC2CCN(C(=O)C3CCCC3)C2)c2c(-c3ccccc3)csc2n1. The summed E-state index contributed by atoms with van der Waals surface area (Å²) < 4.78 is 5.30. The summed E-state index contributed by atoms with van der Waals surface area (Å²) >= 11 is 1.63. The van der Waals surface area contributed by atoms with E-state index < -0.39 is 0 Å². The molecule has 6 nitrogen and oxygen atoms in total. The van der Waals surface area contributed by atoms with Crippen LogP contribution in [0.5, 0.6) is 0 Å². The number of nitrogens with zero attached hydrogens (tertiary/aromatic N) is 3. The molecule has 3 heterocycles. The van der Waals surface area contributed by atoms with Crippen molar-refractivity contribution in [1.29, 1.82) is 0 Å². The summed E-state index contributed by atoms with van der Waals surface area (Å²) in [6.45, 7) is 1.94. The minimum Gasteiger partial charge on any atom is -0.377 e. The number of benzene rings is 1. The minimum absolute atomic E-state index is 0.197. The Hall–Kier alpha value is -2.51. The molecule has 1 saturated carbocycles. The van der Waals surface area contributed by atoms with Crippen molar-refractivity contribution >= 4 is 33.3 Å². The van der Waals surface area contributed by atoms with Crippen LogP contribution in [-0.2, 0) is 16.1 Å². The molecule has 5 rings (SSSR count). The Morgan fingerprint density at radius 2 is 2.00 bits per heavy atom. The lowest BCUT2D eigenvalue weighted by Gasteiger charge is -2.21. The van der Waals surface area contributed by atoms with Crippen molar-refractivity contribution in [2.45, 2.75) is 44.8 Å². The van der Waals surface area contributed by atoms with E-state index in [0.29, 0.717) is 18.3 Å². The van der Waals surface area contributed by atoms with Crippen LogP contribution in [0, 0.1) is 5.92 Å². The maximum Gasteiger partial charge on any atom is 0.225 e. The predicted octanol–water partition coefficient (Wildman–Crippen LogP) is 4.71. The second kappa shape index (κ2) is 8.93. The van der Waals surface area contributed by atoms with Crippen molar-refractivity contribution in [2.75, 3.05) is 25.5 Å². The van der Waals surface area contributed by atoms with E-state index in [1.165, 1.54) is 12.8 Å². The van der Waals surface area contributed by atoms with Crippen LogP contribution in [0.4, 0.5) is 5.82 Å². The number of ether oxygens (including phenoxy) is 1. The molecule has 1 aromatic carbocycles. The molecule has 2 fully saturated rings. The first-order valence-corrected chi connectivity index (χ1v) is 12.0. The average Bonchev–Trinajstić information content (AvgIpc) is 3.55. The number of rotatable bonds is 6. The van der Waals surface area contributed by atoms with Gasteiger partial charge in [-0.1, -0.05) is 43.2 Å². The van der Waals surface area contributed by atoms with Gasteiger partial charge in [-0.25, -0.2) is 9.97 Å². The Balaban J connectivity index is 1.43. The molecule has 0 radical (unpaired) electrons. The Labute approximate surface area is 186 Å². The standard InChI is InChI=1S/C24H28N4O2S/c1-30-14-20-26-22(21-19(15-31-23(21)27-20)16-7-3-2-4-8-16)25-18-11-12-28(13-18)24(29)17-9-5-6-10-17/h2-4,7-8,15,17-18H,5-6,9-14H2,1H3,(H,25,26,27). The number of carbonyl (C=O) groups is 1. The predicted molar refractivity (Wildman–Crippen MR) is 124 cm³/mol. The summed E-state index contributed by atoms with van der Waals surface area (Å²) in [7, 11) is 1.66. The molecule has 0 bridgehead atoms. The van der Waals surface area contributed by atoms with Crippen molar-refractivity contribution in [3.8, 4) is 11.1 Å². The van der Waals surface area contributed by atoms with Gasteiger partial charge in [0.15, 0.2) is 5.82 Å². The Morgan fingerprint density at radius 1 is 1.19 bits per heavy atom. The smallest absolute Gasteiger partial charge is 0.225 e. The molecule has 1 aliphatic heterocycles. The van der Waals surface area contributed by atoms with Crippen LogP contribution in [0.1, 0.15) is 37.9 Å². The molecule has 31 heavy (non-hydrogen) atoms. The molecule has 7 heteroatoms. The summed E-state index contributed by atoms with van der Waals surface area (Å²) in [6, 6.07) is 10.6. The fourth-order valence-electron chi connectivity index (χ4n) is 4.82. The fourth-order valence-corrected chi connectivity index (χ4v) is 5.78. The number of amides is 1. The highest BCUT2D eigenvalue weighted by Crippen LogP contribution is 2.37. The molecular weight excluding hydrogens is 408 g/mol. The maximum absolute atomic E-state index is 12.9. The van der Waals surface area contributed by atoms with Gasteiger partial charge in [0.05, 0.1) is 5.39 Å². The lowest BCUT2D eigenvalue weighted by atomic mass is 10.1. The van der Waals surface area contributed by atoms with Gasteiger partial charge in [0.25, 0.3) is 0 Å².